The van der Waals surface area contributed by atoms with Crippen molar-refractivity contribution in [3.8, 4) is 0 Å². The van der Waals surface area contributed by atoms with E-state index in [-0.39, 0.29) is 6.04 Å². The fourth-order valence-electron chi connectivity index (χ4n) is 1.67. The van der Waals surface area contributed by atoms with Gasteiger partial charge in [0.15, 0.2) is 0 Å². The van der Waals surface area contributed by atoms with Gasteiger partial charge in [-0.3, -0.25) is 0 Å². The minimum atomic E-state index is -0.215. The molecule has 2 heterocycles. The summed E-state index contributed by atoms with van der Waals surface area (Å²) in [5.74, 6) is 0.876. The molecule has 0 aromatic carbocycles. The van der Waals surface area contributed by atoms with E-state index in [1.165, 1.54) is 0 Å². The zero-order chi connectivity index (χ0) is 10.8. The number of nitrogens with two attached hydrogens (primary N) is 1. The van der Waals surface area contributed by atoms with Crippen LogP contribution in [-0.2, 0) is 13.6 Å². The molecule has 0 saturated carbocycles. The third-order valence-electron chi connectivity index (χ3n) is 2.54. The van der Waals surface area contributed by atoms with Crippen LogP contribution < -0.4 is 5.73 Å². The normalized spacial score (nSPS) is 13.0. The highest BCUT2D eigenvalue weighted by Gasteiger charge is 2.16. The first-order valence-corrected chi connectivity index (χ1v) is 4.97. The Morgan fingerprint density at radius 3 is 2.93 bits per heavy atom. The van der Waals surface area contributed by atoms with E-state index in [9.17, 15) is 0 Å². The summed E-state index contributed by atoms with van der Waals surface area (Å²) in [6, 6.07) is -0.215. The summed E-state index contributed by atoms with van der Waals surface area (Å²) < 4.78 is 3.96. The minimum absolute atomic E-state index is 0.215. The van der Waals surface area contributed by atoms with Gasteiger partial charge in [-0.05, 0) is 6.92 Å². The molecule has 15 heavy (non-hydrogen) atoms. The highest BCUT2D eigenvalue weighted by molar-refractivity contribution is 5.15. The molecule has 0 amide bonds. The molecular weight excluding hydrogens is 190 g/mol. The lowest BCUT2D eigenvalue weighted by atomic mass is 10.2. The van der Waals surface area contributed by atoms with Crippen LogP contribution in [0.5, 0.6) is 0 Å². The van der Waals surface area contributed by atoms with Crippen molar-refractivity contribution in [2.75, 3.05) is 0 Å². The molecule has 0 aliphatic heterocycles. The van der Waals surface area contributed by atoms with Crippen molar-refractivity contribution in [1.29, 1.82) is 0 Å². The Morgan fingerprint density at radius 1 is 1.53 bits per heavy atom. The van der Waals surface area contributed by atoms with Gasteiger partial charge in [-0.1, -0.05) is 0 Å². The number of nitrogens with zero attached hydrogens (tertiary/aromatic N) is 4. The third-order valence-corrected chi connectivity index (χ3v) is 2.54. The van der Waals surface area contributed by atoms with Gasteiger partial charge < -0.3 is 14.9 Å². The summed E-state index contributed by atoms with van der Waals surface area (Å²) >= 11 is 0. The lowest BCUT2D eigenvalue weighted by Gasteiger charge is -2.13. The van der Waals surface area contributed by atoms with Crippen LogP contribution in [0.25, 0.3) is 0 Å². The van der Waals surface area contributed by atoms with Crippen molar-refractivity contribution < 1.29 is 0 Å². The second-order valence-electron chi connectivity index (χ2n) is 3.48. The van der Waals surface area contributed by atoms with E-state index in [1.54, 1.807) is 18.7 Å². The van der Waals surface area contributed by atoms with E-state index < -0.39 is 0 Å². The first-order chi connectivity index (χ1) is 7.24. The van der Waals surface area contributed by atoms with Crippen LogP contribution in [0.15, 0.2) is 24.9 Å². The first-order valence-electron chi connectivity index (χ1n) is 4.97. The summed E-state index contributed by atoms with van der Waals surface area (Å²) in [4.78, 5) is 8.33. The smallest absolute Gasteiger partial charge is 0.131 e. The minimum Gasteiger partial charge on any atom is -0.336 e. The Bertz CT molecular complexity index is 442. The predicted octanol–water partition coefficient (Wildman–Crippen LogP) is 0.685. The van der Waals surface area contributed by atoms with Gasteiger partial charge in [0.2, 0.25) is 0 Å². The van der Waals surface area contributed by atoms with E-state index in [2.05, 4.69) is 16.9 Å². The average Bonchev–Trinajstić information content (AvgIpc) is 2.84. The number of rotatable bonds is 3. The van der Waals surface area contributed by atoms with E-state index in [1.807, 2.05) is 22.4 Å². The van der Waals surface area contributed by atoms with Gasteiger partial charge in [0, 0.05) is 26.0 Å². The Hall–Kier alpha value is -1.62. The van der Waals surface area contributed by atoms with Gasteiger partial charge in [-0.25, -0.2) is 9.97 Å². The number of hydrogen-bond donors (Lipinski definition) is 1. The molecular formula is C10H15N5. The standard InChI is InChI=1S/C10H15N5/c1-3-15-5-4-13-10(15)9(11)8-6-12-7-14(8)2/h4-7,9H,3,11H2,1-2H3. The fraction of sp³-hybridized carbons (Fsp3) is 0.400. The van der Waals surface area contributed by atoms with Crippen LogP contribution in [0.1, 0.15) is 24.5 Å². The fourth-order valence-corrected chi connectivity index (χ4v) is 1.67. The number of aryl methyl sites for hydroxylation is 2. The molecule has 80 valence electrons. The molecule has 2 aromatic heterocycles. The highest BCUT2D eigenvalue weighted by Crippen LogP contribution is 2.16. The lowest BCUT2D eigenvalue weighted by Crippen LogP contribution is -2.19. The lowest BCUT2D eigenvalue weighted by molar-refractivity contribution is 0.630. The largest absolute Gasteiger partial charge is 0.336 e. The monoisotopic (exact) mass is 205 g/mol. The van der Waals surface area contributed by atoms with Crippen LogP contribution in [-0.4, -0.2) is 19.1 Å². The SMILES string of the molecule is CCn1ccnc1C(N)c1cncn1C. The quantitative estimate of drug-likeness (QED) is 0.801. The second-order valence-corrected chi connectivity index (χ2v) is 3.48. The Balaban J connectivity index is 2.36. The van der Waals surface area contributed by atoms with Gasteiger partial charge in [0.1, 0.15) is 11.9 Å². The van der Waals surface area contributed by atoms with Gasteiger partial charge >= 0.3 is 0 Å². The molecule has 2 rings (SSSR count). The molecule has 2 aromatic rings. The highest BCUT2D eigenvalue weighted by atomic mass is 15.1. The van der Waals surface area contributed by atoms with Gasteiger partial charge in [0.25, 0.3) is 0 Å². The zero-order valence-electron chi connectivity index (χ0n) is 8.96. The van der Waals surface area contributed by atoms with E-state index in [0.29, 0.717) is 0 Å². The van der Waals surface area contributed by atoms with Gasteiger partial charge in [0.05, 0.1) is 18.2 Å². The third kappa shape index (κ3) is 1.66. The van der Waals surface area contributed by atoms with Crippen LogP contribution in [0, 0.1) is 0 Å². The molecule has 0 saturated heterocycles. The van der Waals surface area contributed by atoms with Crippen molar-refractivity contribution in [3.05, 3.63) is 36.4 Å². The molecule has 1 unspecified atom stereocenters. The van der Waals surface area contributed by atoms with Crippen molar-refractivity contribution in [2.45, 2.75) is 19.5 Å². The van der Waals surface area contributed by atoms with E-state index >= 15 is 0 Å². The molecule has 0 fully saturated rings. The molecule has 1 atom stereocenters. The first kappa shape index (κ1) is 9.92. The molecule has 2 N–H and O–H groups in total. The predicted molar refractivity (Wildman–Crippen MR) is 57.1 cm³/mol. The molecule has 0 spiro atoms. The average molecular weight is 205 g/mol. The second kappa shape index (κ2) is 3.86. The van der Waals surface area contributed by atoms with Crippen molar-refractivity contribution >= 4 is 0 Å². The maximum atomic E-state index is 6.14. The van der Waals surface area contributed by atoms with Gasteiger partial charge in [-0.15, -0.1) is 0 Å². The van der Waals surface area contributed by atoms with E-state index in [0.717, 1.165) is 18.1 Å². The molecule has 0 aliphatic rings. The maximum Gasteiger partial charge on any atom is 0.131 e. The molecule has 5 nitrogen and oxygen atoms in total. The molecule has 5 heteroatoms. The van der Waals surface area contributed by atoms with Crippen LogP contribution >= 0.6 is 0 Å². The zero-order valence-corrected chi connectivity index (χ0v) is 8.96. The summed E-state index contributed by atoms with van der Waals surface area (Å²) in [5, 5.41) is 0. The number of hydrogen-bond acceptors (Lipinski definition) is 3. The maximum absolute atomic E-state index is 6.14. The van der Waals surface area contributed by atoms with E-state index in [4.69, 9.17) is 5.73 Å². The van der Waals surface area contributed by atoms with Crippen LogP contribution in [0.4, 0.5) is 0 Å². The van der Waals surface area contributed by atoms with Crippen molar-refractivity contribution in [1.82, 2.24) is 19.1 Å². The Labute approximate surface area is 88.6 Å². The van der Waals surface area contributed by atoms with Crippen molar-refractivity contribution in [3.63, 3.8) is 0 Å². The van der Waals surface area contributed by atoms with Crippen molar-refractivity contribution in [2.24, 2.45) is 12.8 Å². The molecule has 0 radical (unpaired) electrons. The number of aromatic nitrogens is 4. The number of imidazole rings is 2. The summed E-state index contributed by atoms with van der Waals surface area (Å²) in [6.45, 7) is 2.95. The Morgan fingerprint density at radius 2 is 2.33 bits per heavy atom. The summed E-state index contributed by atoms with van der Waals surface area (Å²) in [6.07, 6.45) is 7.23. The van der Waals surface area contributed by atoms with Crippen LogP contribution in [0.2, 0.25) is 0 Å². The summed E-state index contributed by atoms with van der Waals surface area (Å²) in [5.41, 5.74) is 7.11. The summed E-state index contributed by atoms with van der Waals surface area (Å²) in [7, 11) is 1.93. The molecule has 0 aliphatic carbocycles. The topological polar surface area (TPSA) is 61.7 Å². The van der Waals surface area contributed by atoms with Gasteiger partial charge in [-0.2, -0.15) is 0 Å². The van der Waals surface area contributed by atoms with Crippen LogP contribution in [0.3, 0.4) is 0 Å². The molecule has 0 bridgehead atoms. The Kier molecular flexibility index (Phi) is 2.55.